The first-order valence-corrected chi connectivity index (χ1v) is 5.58. The van der Waals surface area contributed by atoms with Gasteiger partial charge in [-0.3, -0.25) is 4.79 Å². The second-order valence-corrected chi connectivity index (χ2v) is 3.48. The molecule has 0 heterocycles. The van der Waals surface area contributed by atoms with Crippen molar-refractivity contribution < 1.29 is 14.3 Å². The molecule has 0 aliphatic heterocycles. The maximum atomic E-state index is 11.9. The minimum absolute atomic E-state index is 0.198. The first kappa shape index (κ1) is 14.1. The van der Waals surface area contributed by atoms with E-state index in [1.54, 1.807) is 37.5 Å². The number of rotatable bonds is 6. The monoisotopic (exact) mass is 250 g/mol. The molecule has 0 aromatic heterocycles. The molecule has 0 unspecified atom stereocenters. The number of hydrogen-bond donors (Lipinski definition) is 2. The summed E-state index contributed by atoms with van der Waals surface area (Å²) in [5, 5.41) is 2.74. The average molecular weight is 250 g/mol. The molecule has 5 heteroatoms. The fraction of sp³-hybridized carbons (Fsp3) is 0.308. The molecular weight excluding hydrogens is 232 g/mol. The first-order valence-electron chi connectivity index (χ1n) is 5.58. The second-order valence-electron chi connectivity index (χ2n) is 3.48. The third-order valence-corrected chi connectivity index (χ3v) is 2.34. The Balaban J connectivity index is 2.75. The SMILES string of the molecule is COc1ccc(C(=O)NC/C=C/CN)c(OC)c1. The van der Waals surface area contributed by atoms with Gasteiger partial charge in [-0.15, -0.1) is 0 Å². The van der Waals surface area contributed by atoms with Crippen LogP contribution in [0.3, 0.4) is 0 Å². The topological polar surface area (TPSA) is 73.6 Å². The minimum atomic E-state index is -0.198. The van der Waals surface area contributed by atoms with Crippen LogP contribution in [-0.2, 0) is 0 Å². The quantitative estimate of drug-likeness (QED) is 0.737. The normalized spacial score (nSPS) is 10.4. The van der Waals surface area contributed by atoms with E-state index in [1.807, 2.05) is 0 Å². The van der Waals surface area contributed by atoms with Crippen molar-refractivity contribution in [3.63, 3.8) is 0 Å². The number of carbonyl (C=O) groups is 1. The molecule has 0 saturated heterocycles. The van der Waals surface area contributed by atoms with Gasteiger partial charge in [-0.25, -0.2) is 0 Å². The Morgan fingerprint density at radius 1 is 1.33 bits per heavy atom. The molecule has 0 radical (unpaired) electrons. The van der Waals surface area contributed by atoms with Crippen molar-refractivity contribution in [1.29, 1.82) is 0 Å². The molecule has 0 atom stereocenters. The number of nitrogens with two attached hydrogens (primary N) is 1. The van der Waals surface area contributed by atoms with E-state index in [2.05, 4.69) is 5.32 Å². The first-order chi connectivity index (χ1) is 8.72. The lowest BCUT2D eigenvalue weighted by Gasteiger charge is -2.09. The van der Waals surface area contributed by atoms with E-state index in [0.29, 0.717) is 30.2 Å². The van der Waals surface area contributed by atoms with E-state index in [-0.39, 0.29) is 5.91 Å². The van der Waals surface area contributed by atoms with Crippen molar-refractivity contribution in [3.8, 4) is 11.5 Å². The zero-order chi connectivity index (χ0) is 13.4. The molecule has 0 fully saturated rings. The molecule has 0 aliphatic rings. The number of nitrogens with one attached hydrogen (secondary N) is 1. The summed E-state index contributed by atoms with van der Waals surface area (Å²) in [6.07, 6.45) is 3.58. The number of ether oxygens (including phenoxy) is 2. The zero-order valence-corrected chi connectivity index (χ0v) is 10.6. The van der Waals surface area contributed by atoms with Gasteiger partial charge >= 0.3 is 0 Å². The van der Waals surface area contributed by atoms with Gasteiger partial charge in [0, 0.05) is 19.2 Å². The highest BCUT2D eigenvalue weighted by atomic mass is 16.5. The highest BCUT2D eigenvalue weighted by molar-refractivity contribution is 5.97. The van der Waals surface area contributed by atoms with Crippen LogP contribution in [0.4, 0.5) is 0 Å². The lowest BCUT2D eigenvalue weighted by molar-refractivity contribution is 0.0955. The van der Waals surface area contributed by atoms with Gasteiger partial charge in [0.2, 0.25) is 0 Å². The van der Waals surface area contributed by atoms with Crippen LogP contribution in [0, 0.1) is 0 Å². The minimum Gasteiger partial charge on any atom is -0.497 e. The Labute approximate surface area is 107 Å². The average Bonchev–Trinajstić information content (AvgIpc) is 2.42. The van der Waals surface area contributed by atoms with Crippen LogP contribution in [0.15, 0.2) is 30.4 Å². The van der Waals surface area contributed by atoms with E-state index in [9.17, 15) is 4.79 Å². The molecule has 5 nitrogen and oxygen atoms in total. The van der Waals surface area contributed by atoms with E-state index in [0.717, 1.165) is 0 Å². The van der Waals surface area contributed by atoms with Gasteiger partial charge in [-0.05, 0) is 12.1 Å². The third kappa shape index (κ3) is 3.78. The van der Waals surface area contributed by atoms with Crippen LogP contribution in [-0.4, -0.2) is 33.2 Å². The number of amides is 1. The van der Waals surface area contributed by atoms with E-state index in [4.69, 9.17) is 15.2 Å². The maximum Gasteiger partial charge on any atom is 0.255 e. The predicted octanol–water partition coefficient (Wildman–Crippen LogP) is 0.949. The van der Waals surface area contributed by atoms with Crippen LogP contribution in [0.1, 0.15) is 10.4 Å². The van der Waals surface area contributed by atoms with Crippen LogP contribution in [0.2, 0.25) is 0 Å². The van der Waals surface area contributed by atoms with E-state index >= 15 is 0 Å². The Morgan fingerprint density at radius 2 is 2.11 bits per heavy atom. The fourth-order valence-electron chi connectivity index (χ4n) is 1.41. The largest absolute Gasteiger partial charge is 0.497 e. The van der Waals surface area contributed by atoms with Gasteiger partial charge in [-0.2, -0.15) is 0 Å². The van der Waals surface area contributed by atoms with E-state index < -0.39 is 0 Å². The van der Waals surface area contributed by atoms with E-state index in [1.165, 1.54) is 7.11 Å². The van der Waals surface area contributed by atoms with Crippen LogP contribution >= 0.6 is 0 Å². The summed E-state index contributed by atoms with van der Waals surface area (Å²) in [6, 6.07) is 5.05. The van der Waals surface area contributed by atoms with Crippen molar-refractivity contribution in [2.75, 3.05) is 27.3 Å². The third-order valence-electron chi connectivity index (χ3n) is 2.34. The smallest absolute Gasteiger partial charge is 0.255 e. The van der Waals surface area contributed by atoms with Crippen LogP contribution in [0.25, 0.3) is 0 Å². The molecule has 0 bridgehead atoms. The van der Waals surface area contributed by atoms with Crippen LogP contribution < -0.4 is 20.5 Å². The van der Waals surface area contributed by atoms with Gasteiger partial charge in [0.05, 0.1) is 19.8 Å². The molecule has 0 saturated carbocycles. The van der Waals surface area contributed by atoms with Gasteiger partial charge in [0.15, 0.2) is 0 Å². The number of methoxy groups -OCH3 is 2. The molecule has 1 aromatic carbocycles. The molecule has 1 aromatic rings. The summed E-state index contributed by atoms with van der Waals surface area (Å²) < 4.78 is 10.2. The molecule has 1 amide bonds. The molecule has 18 heavy (non-hydrogen) atoms. The van der Waals surface area contributed by atoms with Crippen molar-refractivity contribution in [2.45, 2.75) is 0 Å². The zero-order valence-electron chi connectivity index (χ0n) is 10.6. The number of carbonyl (C=O) groups excluding carboxylic acids is 1. The van der Waals surface area contributed by atoms with Gasteiger partial charge in [0.25, 0.3) is 5.91 Å². The number of hydrogen-bond acceptors (Lipinski definition) is 4. The highest BCUT2D eigenvalue weighted by Gasteiger charge is 2.12. The lowest BCUT2D eigenvalue weighted by Crippen LogP contribution is -2.24. The van der Waals surface area contributed by atoms with Crippen molar-refractivity contribution in [1.82, 2.24) is 5.32 Å². The van der Waals surface area contributed by atoms with Crippen molar-refractivity contribution in [2.24, 2.45) is 5.73 Å². The molecule has 1 rings (SSSR count). The highest BCUT2D eigenvalue weighted by Crippen LogP contribution is 2.24. The Hall–Kier alpha value is -2.01. The predicted molar refractivity (Wildman–Crippen MR) is 70.1 cm³/mol. The summed E-state index contributed by atoms with van der Waals surface area (Å²) >= 11 is 0. The van der Waals surface area contributed by atoms with Crippen molar-refractivity contribution in [3.05, 3.63) is 35.9 Å². The summed E-state index contributed by atoms with van der Waals surface area (Å²) in [6.45, 7) is 0.896. The fourth-order valence-corrected chi connectivity index (χ4v) is 1.41. The summed E-state index contributed by atoms with van der Waals surface area (Å²) in [4.78, 5) is 11.9. The molecule has 0 spiro atoms. The Bertz CT molecular complexity index is 430. The summed E-state index contributed by atoms with van der Waals surface area (Å²) in [5.74, 6) is 0.928. The Kier molecular flexibility index (Phi) is 5.73. The van der Waals surface area contributed by atoms with Crippen LogP contribution in [0.5, 0.6) is 11.5 Å². The van der Waals surface area contributed by atoms with Crippen molar-refractivity contribution >= 4 is 5.91 Å². The summed E-state index contributed by atoms with van der Waals surface area (Å²) in [7, 11) is 3.08. The van der Waals surface area contributed by atoms with Gasteiger partial charge in [0.1, 0.15) is 11.5 Å². The maximum absolute atomic E-state index is 11.9. The lowest BCUT2D eigenvalue weighted by atomic mass is 10.1. The summed E-state index contributed by atoms with van der Waals surface area (Å²) in [5.41, 5.74) is 5.77. The molecule has 0 aliphatic carbocycles. The molecule has 3 N–H and O–H groups in total. The second kappa shape index (κ2) is 7.34. The molecule has 98 valence electrons. The molecular formula is C13H18N2O3. The Morgan fingerprint density at radius 3 is 2.72 bits per heavy atom. The van der Waals surface area contributed by atoms with Gasteiger partial charge in [-0.1, -0.05) is 12.2 Å². The number of benzene rings is 1. The van der Waals surface area contributed by atoms with Gasteiger partial charge < -0.3 is 20.5 Å². The standard InChI is InChI=1S/C13H18N2O3/c1-17-10-5-6-11(12(9-10)18-2)13(16)15-8-4-3-7-14/h3-6,9H,7-8,14H2,1-2H3,(H,15,16)/b4-3+.